The molecule has 1 N–H and O–H groups in total. The van der Waals surface area contributed by atoms with Crippen molar-refractivity contribution in [1.82, 2.24) is 9.78 Å². The van der Waals surface area contributed by atoms with Crippen molar-refractivity contribution in [2.24, 2.45) is 0 Å². The van der Waals surface area contributed by atoms with Gasteiger partial charge >= 0.3 is 0 Å². The van der Waals surface area contributed by atoms with Crippen molar-refractivity contribution in [2.45, 2.75) is 25.9 Å². The molecule has 1 aromatic heterocycles. The Kier molecular flexibility index (Phi) is 6.33. The van der Waals surface area contributed by atoms with E-state index in [0.717, 1.165) is 28.3 Å². The van der Waals surface area contributed by atoms with Crippen LogP contribution < -0.4 is 19.5 Å². The number of nitrogens with zero attached hydrogens (tertiary/aromatic N) is 2. The zero-order valence-electron chi connectivity index (χ0n) is 20.2. The highest BCUT2D eigenvalue weighted by Gasteiger charge is 2.35. The number of aryl methyl sites for hydroxylation is 1. The molecule has 184 valence electrons. The van der Waals surface area contributed by atoms with Crippen LogP contribution in [0.4, 0.5) is 10.2 Å². The van der Waals surface area contributed by atoms with Gasteiger partial charge in [0.1, 0.15) is 24.0 Å². The Morgan fingerprint density at radius 1 is 1.03 bits per heavy atom. The molecule has 0 saturated carbocycles. The van der Waals surface area contributed by atoms with Crippen LogP contribution in [-0.2, 0) is 11.4 Å². The minimum absolute atomic E-state index is 0.0237. The monoisotopic (exact) mass is 487 g/mol. The third kappa shape index (κ3) is 4.26. The summed E-state index contributed by atoms with van der Waals surface area (Å²) in [4.78, 5) is 12.9. The topological polar surface area (TPSA) is 74.6 Å². The van der Waals surface area contributed by atoms with Crippen LogP contribution in [0.1, 0.15) is 34.7 Å². The first-order chi connectivity index (χ1) is 17.5. The normalized spacial score (nSPS) is 14.7. The fourth-order valence-corrected chi connectivity index (χ4v) is 4.61. The molecular formula is C28H26FN3O4. The lowest BCUT2D eigenvalue weighted by molar-refractivity contribution is -0.116. The van der Waals surface area contributed by atoms with Gasteiger partial charge in [0.2, 0.25) is 5.91 Å². The molecule has 3 aromatic carbocycles. The third-order valence-corrected chi connectivity index (χ3v) is 6.35. The second kappa shape index (κ2) is 9.73. The largest absolute Gasteiger partial charge is 0.497 e. The van der Waals surface area contributed by atoms with Gasteiger partial charge in [-0.3, -0.25) is 4.79 Å². The van der Waals surface area contributed by atoms with Crippen LogP contribution in [0.25, 0.3) is 5.69 Å². The number of nitrogens with one attached hydrogen (secondary N) is 1. The summed E-state index contributed by atoms with van der Waals surface area (Å²) >= 11 is 0. The van der Waals surface area contributed by atoms with E-state index < -0.39 is 0 Å². The zero-order valence-corrected chi connectivity index (χ0v) is 20.2. The van der Waals surface area contributed by atoms with Crippen molar-refractivity contribution in [1.29, 1.82) is 0 Å². The van der Waals surface area contributed by atoms with Gasteiger partial charge in [-0.15, -0.1) is 0 Å². The molecule has 4 aromatic rings. The summed E-state index contributed by atoms with van der Waals surface area (Å²) in [5, 5.41) is 7.74. The molecule has 0 radical (unpaired) electrons. The molecular weight excluding hydrogens is 461 g/mol. The van der Waals surface area contributed by atoms with Gasteiger partial charge in [0.15, 0.2) is 11.5 Å². The molecule has 1 atom stereocenters. The number of para-hydroxylation sites is 1. The van der Waals surface area contributed by atoms with Crippen LogP contribution in [0.2, 0.25) is 0 Å². The molecule has 8 heteroatoms. The highest BCUT2D eigenvalue weighted by Crippen LogP contribution is 2.46. The second-order valence-electron chi connectivity index (χ2n) is 8.52. The number of carbonyl (C=O) groups is 1. The third-order valence-electron chi connectivity index (χ3n) is 6.35. The SMILES string of the molecule is COc1ccc(-n2nc(C)c3c2NC(=O)C[C@H]3c2cccc(OC)c2OCc2ccccc2F)cc1. The number of fused-ring (bicyclic) bond motifs is 1. The van der Waals surface area contributed by atoms with Crippen molar-refractivity contribution < 1.29 is 23.4 Å². The number of hydrogen-bond donors (Lipinski definition) is 1. The quantitative estimate of drug-likeness (QED) is 0.378. The molecule has 0 bridgehead atoms. The van der Waals surface area contributed by atoms with Crippen LogP contribution in [0.15, 0.2) is 66.7 Å². The van der Waals surface area contributed by atoms with Gasteiger partial charge in [0.25, 0.3) is 0 Å². The molecule has 1 aliphatic rings. The Morgan fingerprint density at radius 2 is 1.81 bits per heavy atom. The highest BCUT2D eigenvalue weighted by molar-refractivity contribution is 5.95. The standard InChI is InChI=1S/C28H26FN3O4/c1-17-26-22(15-25(33)30-28(26)32(31-17)19-11-13-20(34-2)14-12-19)21-8-6-10-24(35-3)27(21)36-16-18-7-4-5-9-23(18)29/h4-14,22H,15-16H2,1-3H3,(H,30,33)/t22-/m0/s1. The minimum Gasteiger partial charge on any atom is -0.497 e. The van der Waals surface area contributed by atoms with E-state index in [2.05, 4.69) is 5.32 Å². The first-order valence-electron chi connectivity index (χ1n) is 11.6. The summed E-state index contributed by atoms with van der Waals surface area (Å²) in [6.45, 7) is 1.94. The molecule has 0 aliphatic carbocycles. The van der Waals surface area contributed by atoms with Crippen molar-refractivity contribution in [3.05, 3.63) is 94.9 Å². The van der Waals surface area contributed by atoms with Gasteiger partial charge in [-0.2, -0.15) is 5.10 Å². The lowest BCUT2D eigenvalue weighted by atomic mass is 9.85. The molecule has 5 rings (SSSR count). The number of ether oxygens (including phenoxy) is 3. The maximum Gasteiger partial charge on any atom is 0.226 e. The van der Waals surface area contributed by atoms with Crippen LogP contribution in [0.3, 0.4) is 0 Å². The number of rotatable bonds is 7. The number of anilines is 1. The van der Waals surface area contributed by atoms with E-state index in [4.69, 9.17) is 19.3 Å². The Morgan fingerprint density at radius 3 is 2.53 bits per heavy atom. The van der Waals surface area contributed by atoms with Crippen molar-refractivity contribution >= 4 is 11.7 Å². The number of hydrogen-bond acceptors (Lipinski definition) is 5. The second-order valence-corrected chi connectivity index (χ2v) is 8.52. The van der Waals surface area contributed by atoms with Gasteiger partial charge in [-0.1, -0.05) is 30.3 Å². The summed E-state index contributed by atoms with van der Waals surface area (Å²) in [6.07, 6.45) is 0.214. The van der Waals surface area contributed by atoms with Crippen molar-refractivity contribution in [3.8, 4) is 22.9 Å². The van der Waals surface area contributed by atoms with E-state index in [1.54, 1.807) is 43.2 Å². The zero-order chi connectivity index (χ0) is 25.2. The molecule has 7 nitrogen and oxygen atoms in total. The van der Waals surface area contributed by atoms with Crippen molar-refractivity contribution in [3.63, 3.8) is 0 Å². The number of benzene rings is 3. The summed E-state index contributed by atoms with van der Waals surface area (Å²) in [6, 6.07) is 19.5. The van der Waals surface area contributed by atoms with Crippen LogP contribution in [0, 0.1) is 12.7 Å². The first-order valence-corrected chi connectivity index (χ1v) is 11.6. The van der Waals surface area contributed by atoms with Crippen LogP contribution in [0.5, 0.6) is 17.2 Å². The number of methoxy groups -OCH3 is 2. The smallest absolute Gasteiger partial charge is 0.226 e. The summed E-state index contributed by atoms with van der Waals surface area (Å²) in [5.41, 5.74) is 3.69. The number of aromatic nitrogens is 2. The van der Waals surface area contributed by atoms with Gasteiger partial charge in [-0.25, -0.2) is 9.07 Å². The van der Waals surface area contributed by atoms with Gasteiger partial charge in [0.05, 0.1) is 25.6 Å². The molecule has 0 saturated heterocycles. The average molecular weight is 488 g/mol. The fourth-order valence-electron chi connectivity index (χ4n) is 4.61. The Hall–Kier alpha value is -4.33. The van der Waals surface area contributed by atoms with Gasteiger partial charge in [-0.05, 0) is 43.3 Å². The Balaban J connectivity index is 1.58. The average Bonchev–Trinajstić information content (AvgIpc) is 3.23. The van der Waals surface area contributed by atoms with Gasteiger partial charge < -0.3 is 19.5 Å². The van der Waals surface area contributed by atoms with E-state index in [0.29, 0.717) is 22.9 Å². The summed E-state index contributed by atoms with van der Waals surface area (Å²) < 4.78 is 33.0. The molecule has 2 heterocycles. The van der Waals surface area contributed by atoms with E-state index in [1.165, 1.54) is 6.07 Å². The molecule has 0 spiro atoms. The summed E-state index contributed by atoms with van der Waals surface area (Å²) in [5.74, 6) is 1.52. The molecule has 0 fully saturated rings. The van der Waals surface area contributed by atoms with Gasteiger partial charge in [0, 0.05) is 29.0 Å². The molecule has 1 aliphatic heterocycles. The fraction of sp³-hybridized carbons (Fsp3) is 0.214. The van der Waals surface area contributed by atoms with E-state index in [-0.39, 0.29) is 30.7 Å². The number of amides is 1. The predicted octanol–water partition coefficient (Wildman–Crippen LogP) is 5.39. The maximum atomic E-state index is 14.3. The van der Waals surface area contributed by atoms with Crippen LogP contribution in [-0.4, -0.2) is 29.9 Å². The highest BCUT2D eigenvalue weighted by atomic mass is 19.1. The predicted molar refractivity (Wildman–Crippen MR) is 134 cm³/mol. The summed E-state index contributed by atoms with van der Waals surface area (Å²) in [7, 11) is 3.17. The number of carbonyl (C=O) groups excluding carboxylic acids is 1. The maximum absolute atomic E-state index is 14.3. The molecule has 36 heavy (non-hydrogen) atoms. The minimum atomic E-state index is -0.343. The van der Waals surface area contributed by atoms with E-state index in [9.17, 15) is 9.18 Å². The molecule has 1 amide bonds. The Bertz CT molecular complexity index is 1420. The van der Waals surface area contributed by atoms with Crippen LogP contribution >= 0.6 is 0 Å². The lowest BCUT2D eigenvalue weighted by Crippen LogP contribution is -2.25. The Labute approximate surface area is 208 Å². The number of halogens is 1. The first kappa shape index (κ1) is 23.4. The van der Waals surface area contributed by atoms with E-state index >= 15 is 0 Å². The molecule has 0 unspecified atom stereocenters. The lowest BCUT2D eigenvalue weighted by Gasteiger charge is -2.26. The van der Waals surface area contributed by atoms with Crippen molar-refractivity contribution in [2.75, 3.05) is 19.5 Å². The van der Waals surface area contributed by atoms with E-state index in [1.807, 2.05) is 43.3 Å².